The summed E-state index contributed by atoms with van der Waals surface area (Å²) in [5, 5.41) is 7.07. The number of piperidine rings is 1. The molecule has 2 fully saturated rings. The minimum absolute atomic E-state index is 0.544. The number of rotatable bonds is 5. The maximum atomic E-state index is 4.40. The molecule has 1 aromatic rings. The van der Waals surface area contributed by atoms with Crippen molar-refractivity contribution in [1.29, 1.82) is 0 Å². The molecule has 5 heteroatoms. The number of nitrogens with one attached hydrogen (secondary N) is 2. The Balaban J connectivity index is 1.36. The number of hydrogen-bond donors (Lipinski definition) is 2. The van der Waals surface area contributed by atoms with Crippen LogP contribution in [0.15, 0.2) is 23.3 Å². The second kappa shape index (κ2) is 9.91. The monoisotopic (exact) mass is 357 g/mol. The van der Waals surface area contributed by atoms with Crippen LogP contribution in [0.1, 0.15) is 56.2 Å². The molecule has 1 aliphatic heterocycles. The SMILES string of the molecule is CN=C(NCCc1ccc(C)nc1)NC1CCN(C2CCCCC2)CC1. The highest BCUT2D eigenvalue weighted by Gasteiger charge is 2.26. The molecule has 2 aliphatic rings. The third-order valence-electron chi connectivity index (χ3n) is 5.86. The minimum atomic E-state index is 0.544. The van der Waals surface area contributed by atoms with Crippen LogP contribution in [0.3, 0.4) is 0 Å². The van der Waals surface area contributed by atoms with Crippen LogP contribution in [-0.4, -0.2) is 54.6 Å². The van der Waals surface area contributed by atoms with Gasteiger partial charge >= 0.3 is 0 Å². The Kier molecular flexibility index (Phi) is 7.30. The molecule has 1 saturated heterocycles. The van der Waals surface area contributed by atoms with Crippen LogP contribution in [0.5, 0.6) is 0 Å². The standard InChI is InChI=1S/C21H35N5/c1-17-8-9-18(16-24-17)10-13-23-21(22-2)25-19-11-14-26(15-12-19)20-6-4-3-5-7-20/h8-9,16,19-20H,3-7,10-15H2,1-2H3,(H2,22,23,25). The molecule has 0 spiro atoms. The van der Waals surface area contributed by atoms with Gasteiger partial charge < -0.3 is 15.5 Å². The van der Waals surface area contributed by atoms with E-state index < -0.39 is 0 Å². The molecule has 0 bridgehead atoms. The van der Waals surface area contributed by atoms with Gasteiger partial charge in [0.2, 0.25) is 0 Å². The average Bonchev–Trinajstić information content (AvgIpc) is 2.70. The molecule has 0 atom stereocenters. The fraction of sp³-hybridized carbons (Fsp3) is 0.714. The highest BCUT2D eigenvalue weighted by atomic mass is 15.2. The largest absolute Gasteiger partial charge is 0.356 e. The lowest BCUT2D eigenvalue weighted by Crippen LogP contribution is -2.51. The molecule has 1 saturated carbocycles. The summed E-state index contributed by atoms with van der Waals surface area (Å²) in [6.07, 6.45) is 12.5. The van der Waals surface area contributed by atoms with Gasteiger partial charge in [-0.1, -0.05) is 25.3 Å². The van der Waals surface area contributed by atoms with Gasteiger partial charge in [0.15, 0.2) is 5.96 Å². The summed E-state index contributed by atoms with van der Waals surface area (Å²) in [4.78, 5) is 11.5. The molecular formula is C21H35N5. The lowest BCUT2D eigenvalue weighted by molar-refractivity contribution is 0.119. The number of hydrogen-bond acceptors (Lipinski definition) is 3. The summed E-state index contributed by atoms with van der Waals surface area (Å²) in [7, 11) is 1.86. The topological polar surface area (TPSA) is 52.6 Å². The Hall–Kier alpha value is -1.62. The van der Waals surface area contributed by atoms with Crippen molar-refractivity contribution in [3.63, 3.8) is 0 Å². The van der Waals surface area contributed by atoms with Crippen molar-refractivity contribution in [2.24, 2.45) is 4.99 Å². The molecule has 1 aliphatic carbocycles. The summed E-state index contributed by atoms with van der Waals surface area (Å²) < 4.78 is 0. The second-order valence-electron chi connectivity index (χ2n) is 7.80. The quantitative estimate of drug-likeness (QED) is 0.628. The van der Waals surface area contributed by atoms with Crippen molar-refractivity contribution in [2.45, 2.75) is 70.4 Å². The molecule has 144 valence electrons. The van der Waals surface area contributed by atoms with E-state index in [-0.39, 0.29) is 0 Å². The van der Waals surface area contributed by atoms with Gasteiger partial charge in [0.25, 0.3) is 0 Å². The van der Waals surface area contributed by atoms with E-state index in [1.165, 1.54) is 63.6 Å². The lowest BCUT2D eigenvalue weighted by atomic mass is 9.92. The molecule has 0 aromatic carbocycles. The third kappa shape index (κ3) is 5.70. The van der Waals surface area contributed by atoms with Crippen molar-refractivity contribution < 1.29 is 0 Å². The minimum Gasteiger partial charge on any atom is -0.356 e. The fourth-order valence-electron chi connectivity index (χ4n) is 4.21. The van der Waals surface area contributed by atoms with Gasteiger partial charge in [0.1, 0.15) is 0 Å². The zero-order chi connectivity index (χ0) is 18.2. The zero-order valence-corrected chi connectivity index (χ0v) is 16.5. The Bertz CT molecular complexity index is 554. The van der Waals surface area contributed by atoms with Crippen LogP contribution < -0.4 is 10.6 Å². The van der Waals surface area contributed by atoms with E-state index >= 15 is 0 Å². The molecule has 0 amide bonds. The van der Waals surface area contributed by atoms with Crippen LogP contribution in [0.2, 0.25) is 0 Å². The molecule has 5 nitrogen and oxygen atoms in total. The van der Waals surface area contributed by atoms with Gasteiger partial charge in [0, 0.05) is 50.7 Å². The number of guanidine groups is 1. The number of aliphatic imine (C=N–C) groups is 1. The van der Waals surface area contributed by atoms with Crippen LogP contribution >= 0.6 is 0 Å². The molecule has 2 heterocycles. The maximum absolute atomic E-state index is 4.40. The smallest absolute Gasteiger partial charge is 0.191 e. The van der Waals surface area contributed by atoms with Gasteiger partial charge in [-0.3, -0.25) is 9.98 Å². The second-order valence-corrected chi connectivity index (χ2v) is 7.80. The Morgan fingerprint density at radius 3 is 2.58 bits per heavy atom. The number of pyridine rings is 1. The fourth-order valence-corrected chi connectivity index (χ4v) is 4.21. The van der Waals surface area contributed by atoms with E-state index in [9.17, 15) is 0 Å². The Morgan fingerprint density at radius 2 is 1.92 bits per heavy atom. The first kappa shape index (κ1) is 19.2. The van der Waals surface area contributed by atoms with E-state index in [0.29, 0.717) is 6.04 Å². The van der Waals surface area contributed by atoms with Crippen LogP contribution in [0.4, 0.5) is 0 Å². The molecular weight excluding hydrogens is 322 g/mol. The van der Waals surface area contributed by atoms with Crippen LogP contribution in [0, 0.1) is 6.92 Å². The zero-order valence-electron chi connectivity index (χ0n) is 16.5. The van der Waals surface area contributed by atoms with Crippen molar-refractivity contribution in [3.8, 4) is 0 Å². The molecule has 2 N–H and O–H groups in total. The van der Waals surface area contributed by atoms with E-state index in [4.69, 9.17) is 0 Å². The summed E-state index contributed by atoms with van der Waals surface area (Å²) in [6.45, 7) is 5.36. The maximum Gasteiger partial charge on any atom is 0.191 e. The van der Waals surface area contributed by atoms with Crippen molar-refractivity contribution in [3.05, 3.63) is 29.6 Å². The highest BCUT2D eigenvalue weighted by Crippen LogP contribution is 2.25. The average molecular weight is 358 g/mol. The third-order valence-corrected chi connectivity index (χ3v) is 5.86. The van der Waals surface area contributed by atoms with Crippen LogP contribution in [-0.2, 0) is 6.42 Å². The number of nitrogens with zero attached hydrogens (tertiary/aromatic N) is 3. The first-order chi connectivity index (χ1) is 12.7. The van der Waals surface area contributed by atoms with Crippen molar-refractivity contribution in [1.82, 2.24) is 20.5 Å². The molecule has 0 radical (unpaired) electrons. The number of likely N-dealkylation sites (tertiary alicyclic amines) is 1. The highest BCUT2D eigenvalue weighted by molar-refractivity contribution is 5.79. The summed E-state index contributed by atoms with van der Waals surface area (Å²) in [5.74, 6) is 0.932. The summed E-state index contributed by atoms with van der Waals surface area (Å²) in [6, 6.07) is 5.62. The normalized spacial score (nSPS) is 20.9. The van der Waals surface area contributed by atoms with Crippen LogP contribution in [0.25, 0.3) is 0 Å². The van der Waals surface area contributed by atoms with Crippen molar-refractivity contribution >= 4 is 5.96 Å². The summed E-state index contributed by atoms with van der Waals surface area (Å²) >= 11 is 0. The van der Waals surface area contributed by atoms with Gasteiger partial charge in [-0.25, -0.2) is 0 Å². The van der Waals surface area contributed by atoms with Gasteiger partial charge in [0.05, 0.1) is 0 Å². The van der Waals surface area contributed by atoms with Crippen molar-refractivity contribution in [2.75, 3.05) is 26.7 Å². The molecule has 1 aromatic heterocycles. The lowest BCUT2D eigenvalue weighted by Gasteiger charge is -2.39. The summed E-state index contributed by atoms with van der Waals surface area (Å²) in [5.41, 5.74) is 2.33. The predicted molar refractivity (Wildman–Crippen MR) is 109 cm³/mol. The molecule has 26 heavy (non-hydrogen) atoms. The van der Waals surface area contributed by atoms with E-state index in [1.807, 2.05) is 20.2 Å². The first-order valence-electron chi connectivity index (χ1n) is 10.4. The first-order valence-corrected chi connectivity index (χ1v) is 10.4. The predicted octanol–water partition coefficient (Wildman–Crippen LogP) is 2.89. The number of aromatic nitrogens is 1. The molecule has 3 rings (SSSR count). The van der Waals surface area contributed by atoms with Gasteiger partial charge in [-0.15, -0.1) is 0 Å². The number of aryl methyl sites for hydroxylation is 1. The Labute approximate surface area is 158 Å². The van der Waals surface area contributed by atoms with E-state index in [0.717, 1.165) is 30.7 Å². The van der Waals surface area contributed by atoms with E-state index in [1.54, 1.807) is 0 Å². The van der Waals surface area contributed by atoms with Gasteiger partial charge in [-0.05, 0) is 50.7 Å². The van der Waals surface area contributed by atoms with E-state index in [2.05, 4.69) is 37.6 Å². The van der Waals surface area contributed by atoms with Gasteiger partial charge in [-0.2, -0.15) is 0 Å². The Morgan fingerprint density at radius 1 is 1.15 bits per heavy atom. The molecule has 0 unspecified atom stereocenters.